The number of aryl methyl sites for hydroxylation is 3. The van der Waals surface area contributed by atoms with Crippen LogP contribution in [-0.2, 0) is 4.79 Å². The fourth-order valence-corrected chi connectivity index (χ4v) is 2.90. The molecule has 3 rings (SSSR count). The summed E-state index contributed by atoms with van der Waals surface area (Å²) in [6.07, 6.45) is 0. The lowest BCUT2D eigenvalue weighted by Gasteiger charge is -2.18. The first-order valence-corrected chi connectivity index (χ1v) is 7.65. The number of Topliss-reactive ketones (excluding diaryl/α,β-unsaturated/α-hetero) is 1. The zero-order chi connectivity index (χ0) is 16.6. The van der Waals surface area contributed by atoms with Crippen molar-refractivity contribution in [3.63, 3.8) is 0 Å². The molecule has 1 aliphatic rings. The summed E-state index contributed by atoms with van der Waals surface area (Å²) in [5, 5.41) is 0. The van der Waals surface area contributed by atoms with E-state index in [-0.39, 0.29) is 0 Å². The highest BCUT2D eigenvalue weighted by Gasteiger charge is 2.35. The van der Waals surface area contributed by atoms with E-state index in [0.29, 0.717) is 24.4 Å². The summed E-state index contributed by atoms with van der Waals surface area (Å²) >= 11 is 0. The van der Waals surface area contributed by atoms with E-state index in [0.717, 1.165) is 22.4 Å². The van der Waals surface area contributed by atoms with Gasteiger partial charge in [0.1, 0.15) is 12.4 Å². The number of ether oxygens (including phenoxy) is 1. The van der Waals surface area contributed by atoms with Crippen LogP contribution in [0, 0.1) is 20.8 Å². The minimum atomic E-state index is -0.476. The monoisotopic (exact) mass is 309 g/mol. The summed E-state index contributed by atoms with van der Waals surface area (Å²) in [5.41, 5.74) is 4.26. The van der Waals surface area contributed by atoms with Gasteiger partial charge in [0.05, 0.1) is 17.8 Å². The Morgan fingerprint density at radius 2 is 1.70 bits per heavy atom. The number of amides is 1. The number of hydrogen-bond acceptors (Lipinski definition) is 3. The van der Waals surface area contributed by atoms with E-state index in [4.69, 9.17) is 4.74 Å². The number of para-hydroxylation sites is 1. The number of carbonyl (C=O) groups is 2. The second kappa shape index (κ2) is 5.88. The third-order valence-electron chi connectivity index (χ3n) is 4.10. The Balaban J connectivity index is 1.75. The molecule has 2 aromatic rings. The molecule has 2 aromatic carbocycles. The molecule has 0 saturated carbocycles. The maximum absolute atomic E-state index is 12.2. The Kier molecular flexibility index (Phi) is 3.90. The first kappa shape index (κ1) is 15.3. The zero-order valence-electron chi connectivity index (χ0n) is 13.6. The van der Waals surface area contributed by atoms with Crippen molar-refractivity contribution < 1.29 is 14.3 Å². The Labute approximate surface area is 135 Å². The van der Waals surface area contributed by atoms with Crippen LogP contribution >= 0.6 is 0 Å². The molecule has 0 saturated heterocycles. The molecule has 0 atom stereocenters. The Hall–Kier alpha value is -2.62. The van der Waals surface area contributed by atoms with Crippen molar-refractivity contribution in [2.24, 2.45) is 0 Å². The molecule has 0 N–H and O–H groups in total. The fourth-order valence-electron chi connectivity index (χ4n) is 2.90. The smallest absolute Gasteiger partial charge is 0.299 e. The van der Waals surface area contributed by atoms with Gasteiger partial charge in [0.15, 0.2) is 0 Å². The number of hydrogen-bond donors (Lipinski definition) is 0. The average molecular weight is 309 g/mol. The molecule has 1 aliphatic heterocycles. The zero-order valence-corrected chi connectivity index (χ0v) is 13.6. The van der Waals surface area contributed by atoms with Crippen molar-refractivity contribution >= 4 is 17.4 Å². The van der Waals surface area contributed by atoms with Gasteiger partial charge >= 0.3 is 0 Å². The maximum atomic E-state index is 12.2. The summed E-state index contributed by atoms with van der Waals surface area (Å²) < 4.78 is 5.85. The standard InChI is InChI=1S/C19H19NO3/c1-12-7-8-16-15(11-12)17(21)19(22)20(16)9-10-23-18-13(2)5-4-6-14(18)3/h4-8,11H,9-10H2,1-3H3. The average Bonchev–Trinajstić information content (AvgIpc) is 2.75. The largest absolute Gasteiger partial charge is 0.491 e. The maximum Gasteiger partial charge on any atom is 0.299 e. The molecule has 0 bridgehead atoms. The van der Waals surface area contributed by atoms with Crippen LogP contribution in [0.15, 0.2) is 36.4 Å². The predicted molar refractivity (Wildman–Crippen MR) is 89.3 cm³/mol. The van der Waals surface area contributed by atoms with Gasteiger partial charge in [-0.2, -0.15) is 0 Å². The molecular weight excluding hydrogens is 290 g/mol. The van der Waals surface area contributed by atoms with Crippen LogP contribution in [0.5, 0.6) is 5.75 Å². The lowest BCUT2D eigenvalue weighted by molar-refractivity contribution is -0.114. The third kappa shape index (κ3) is 2.72. The van der Waals surface area contributed by atoms with Gasteiger partial charge in [0.2, 0.25) is 0 Å². The second-order valence-corrected chi connectivity index (χ2v) is 5.88. The summed E-state index contributed by atoms with van der Waals surface area (Å²) in [4.78, 5) is 25.7. The molecule has 23 heavy (non-hydrogen) atoms. The number of benzene rings is 2. The minimum absolute atomic E-state index is 0.345. The van der Waals surface area contributed by atoms with Crippen LogP contribution < -0.4 is 9.64 Å². The van der Waals surface area contributed by atoms with E-state index in [1.807, 2.05) is 51.1 Å². The van der Waals surface area contributed by atoms with Gasteiger partial charge in [-0.3, -0.25) is 9.59 Å². The summed E-state index contributed by atoms with van der Waals surface area (Å²) in [7, 11) is 0. The number of fused-ring (bicyclic) bond motifs is 1. The molecule has 0 spiro atoms. The van der Waals surface area contributed by atoms with Crippen molar-refractivity contribution in [1.82, 2.24) is 0 Å². The third-order valence-corrected chi connectivity index (χ3v) is 4.10. The Morgan fingerprint density at radius 1 is 1.00 bits per heavy atom. The van der Waals surface area contributed by atoms with Gasteiger partial charge in [0, 0.05) is 0 Å². The fraction of sp³-hybridized carbons (Fsp3) is 0.263. The van der Waals surface area contributed by atoms with Gasteiger partial charge in [-0.15, -0.1) is 0 Å². The van der Waals surface area contributed by atoms with Gasteiger partial charge in [-0.05, 0) is 44.0 Å². The first-order valence-electron chi connectivity index (χ1n) is 7.65. The highest BCUT2D eigenvalue weighted by molar-refractivity contribution is 6.52. The van der Waals surface area contributed by atoms with Crippen molar-refractivity contribution in [2.45, 2.75) is 20.8 Å². The summed E-state index contributed by atoms with van der Waals surface area (Å²) in [5.74, 6) is -0.0684. The molecular formula is C19H19NO3. The van der Waals surface area contributed by atoms with E-state index in [1.165, 1.54) is 4.90 Å². The van der Waals surface area contributed by atoms with Crippen LogP contribution in [0.2, 0.25) is 0 Å². The predicted octanol–water partition coefficient (Wildman–Crippen LogP) is 3.22. The van der Waals surface area contributed by atoms with Gasteiger partial charge < -0.3 is 9.64 Å². The van der Waals surface area contributed by atoms with Crippen molar-refractivity contribution in [3.05, 3.63) is 58.7 Å². The molecule has 1 heterocycles. The molecule has 0 aromatic heterocycles. The Bertz CT molecular complexity index is 775. The van der Waals surface area contributed by atoms with Crippen molar-refractivity contribution in [3.8, 4) is 5.75 Å². The molecule has 1 amide bonds. The number of ketones is 1. The molecule has 4 nitrogen and oxygen atoms in total. The van der Waals surface area contributed by atoms with Gasteiger partial charge in [0.25, 0.3) is 11.7 Å². The summed E-state index contributed by atoms with van der Waals surface area (Å²) in [6.45, 7) is 6.59. The number of rotatable bonds is 4. The highest BCUT2D eigenvalue weighted by Crippen LogP contribution is 2.29. The number of carbonyl (C=O) groups excluding carboxylic acids is 2. The SMILES string of the molecule is Cc1ccc2c(c1)C(=O)C(=O)N2CCOc1c(C)cccc1C. The molecule has 0 unspecified atom stereocenters. The van der Waals surface area contributed by atoms with E-state index in [1.54, 1.807) is 6.07 Å². The van der Waals surface area contributed by atoms with Crippen LogP contribution in [0.25, 0.3) is 0 Å². The number of anilines is 1. The van der Waals surface area contributed by atoms with Crippen LogP contribution in [0.1, 0.15) is 27.0 Å². The van der Waals surface area contributed by atoms with E-state index in [9.17, 15) is 9.59 Å². The van der Waals surface area contributed by atoms with E-state index in [2.05, 4.69) is 0 Å². The van der Waals surface area contributed by atoms with E-state index < -0.39 is 11.7 Å². The summed E-state index contributed by atoms with van der Waals surface area (Å²) in [6, 6.07) is 11.5. The van der Waals surface area contributed by atoms with Crippen LogP contribution in [0.3, 0.4) is 0 Å². The molecule has 118 valence electrons. The lowest BCUT2D eigenvalue weighted by Crippen LogP contribution is -2.33. The van der Waals surface area contributed by atoms with Crippen molar-refractivity contribution in [1.29, 1.82) is 0 Å². The lowest BCUT2D eigenvalue weighted by atomic mass is 10.1. The molecule has 0 radical (unpaired) electrons. The molecule has 4 heteroatoms. The quantitative estimate of drug-likeness (QED) is 0.815. The molecule has 0 fully saturated rings. The normalized spacial score (nSPS) is 13.4. The van der Waals surface area contributed by atoms with Gasteiger partial charge in [-0.1, -0.05) is 29.8 Å². The minimum Gasteiger partial charge on any atom is -0.491 e. The topological polar surface area (TPSA) is 46.6 Å². The Morgan fingerprint density at radius 3 is 2.39 bits per heavy atom. The first-order chi connectivity index (χ1) is 11.0. The van der Waals surface area contributed by atoms with Crippen LogP contribution in [0.4, 0.5) is 5.69 Å². The molecule has 0 aliphatic carbocycles. The highest BCUT2D eigenvalue weighted by atomic mass is 16.5. The number of nitrogens with zero attached hydrogens (tertiary/aromatic N) is 1. The van der Waals surface area contributed by atoms with Gasteiger partial charge in [-0.25, -0.2) is 0 Å². The second-order valence-electron chi connectivity index (χ2n) is 5.88. The van der Waals surface area contributed by atoms with Crippen molar-refractivity contribution in [2.75, 3.05) is 18.1 Å². The van der Waals surface area contributed by atoms with Crippen LogP contribution in [-0.4, -0.2) is 24.8 Å². The van der Waals surface area contributed by atoms with E-state index >= 15 is 0 Å².